The van der Waals surface area contributed by atoms with E-state index in [9.17, 15) is 4.79 Å². The van der Waals surface area contributed by atoms with Crippen LogP contribution in [0.5, 0.6) is 0 Å². The minimum atomic E-state index is -0.107. The van der Waals surface area contributed by atoms with Crippen LogP contribution in [0.15, 0.2) is 24.5 Å². The molecule has 2 aromatic rings. The van der Waals surface area contributed by atoms with Gasteiger partial charge in [0.1, 0.15) is 5.69 Å². The number of rotatable bonds is 3. The summed E-state index contributed by atoms with van der Waals surface area (Å²) in [6.07, 6.45) is 3.69. The summed E-state index contributed by atoms with van der Waals surface area (Å²) in [4.78, 5) is 14.7. The molecule has 0 fully saturated rings. The molecule has 2 rings (SSSR count). The quantitative estimate of drug-likeness (QED) is 0.806. The lowest BCUT2D eigenvalue weighted by atomic mass is 10.3. The van der Waals surface area contributed by atoms with Crippen LogP contribution in [0.1, 0.15) is 21.7 Å². The summed E-state index contributed by atoms with van der Waals surface area (Å²) in [5, 5.41) is 6.96. The molecule has 5 nitrogen and oxygen atoms in total. The molecule has 0 aromatic carbocycles. The molecule has 0 aliphatic carbocycles. The smallest absolute Gasteiger partial charge is 0.269 e. The number of hydrogen-bond acceptors (Lipinski definition) is 2. The van der Waals surface area contributed by atoms with Crippen LogP contribution in [0.25, 0.3) is 0 Å². The van der Waals surface area contributed by atoms with Gasteiger partial charge in [0, 0.05) is 26.0 Å². The second-order valence-corrected chi connectivity index (χ2v) is 3.70. The van der Waals surface area contributed by atoms with E-state index in [1.165, 1.54) is 0 Å². The third-order valence-corrected chi connectivity index (χ3v) is 2.35. The van der Waals surface area contributed by atoms with E-state index in [-0.39, 0.29) is 5.91 Å². The largest absolute Gasteiger partial charge is 0.367 e. The highest BCUT2D eigenvalue weighted by atomic mass is 16.2. The topological polar surface area (TPSA) is 62.7 Å². The van der Waals surface area contributed by atoms with Gasteiger partial charge in [-0.1, -0.05) is 0 Å². The number of nitrogens with one attached hydrogen (secondary N) is 2. The zero-order chi connectivity index (χ0) is 11.5. The summed E-state index contributed by atoms with van der Waals surface area (Å²) in [7, 11) is 1.76. The van der Waals surface area contributed by atoms with Crippen molar-refractivity contribution in [2.75, 3.05) is 0 Å². The fraction of sp³-hybridized carbons (Fsp3) is 0.273. The fourth-order valence-electron chi connectivity index (χ4n) is 1.56. The SMILES string of the molecule is Cc1cc(C(=O)NCc2cc[nH]c2)n(C)n1. The molecule has 16 heavy (non-hydrogen) atoms. The van der Waals surface area contributed by atoms with Crippen molar-refractivity contribution < 1.29 is 4.79 Å². The molecular formula is C11H14N4O. The predicted octanol–water partition coefficient (Wildman–Crippen LogP) is 0.987. The Kier molecular flexibility index (Phi) is 2.76. The normalized spacial score (nSPS) is 10.4. The predicted molar refractivity (Wildman–Crippen MR) is 59.9 cm³/mol. The minimum Gasteiger partial charge on any atom is -0.367 e. The summed E-state index contributed by atoms with van der Waals surface area (Å²) in [6, 6.07) is 3.70. The molecule has 2 aromatic heterocycles. The maximum atomic E-state index is 11.8. The molecule has 0 unspecified atom stereocenters. The molecule has 2 N–H and O–H groups in total. The Morgan fingerprint density at radius 1 is 1.62 bits per heavy atom. The van der Waals surface area contributed by atoms with Crippen LogP contribution in [-0.2, 0) is 13.6 Å². The van der Waals surface area contributed by atoms with Gasteiger partial charge in [-0.2, -0.15) is 5.10 Å². The third kappa shape index (κ3) is 2.13. The Hall–Kier alpha value is -2.04. The van der Waals surface area contributed by atoms with E-state index in [1.54, 1.807) is 17.8 Å². The van der Waals surface area contributed by atoms with E-state index in [0.717, 1.165) is 11.3 Å². The van der Waals surface area contributed by atoms with Crippen LogP contribution in [0.2, 0.25) is 0 Å². The van der Waals surface area contributed by atoms with E-state index in [0.29, 0.717) is 12.2 Å². The highest BCUT2D eigenvalue weighted by molar-refractivity contribution is 5.92. The van der Waals surface area contributed by atoms with Gasteiger partial charge >= 0.3 is 0 Å². The molecule has 0 aliphatic heterocycles. The van der Waals surface area contributed by atoms with E-state index in [2.05, 4.69) is 15.4 Å². The molecular weight excluding hydrogens is 204 g/mol. The van der Waals surface area contributed by atoms with Crippen LogP contribution >= 0.6 is 0 Å². The summed E-state index contributed by atoms with van der Waals surface area (Å²) in [5.41, 5.74) is 2.47. The van der Waals surface area contributed by atoms with Crippen LogP contribution in [0.4, 0.5) is 0 Å². The molecule has 0 saturated heterocycles. The first-order valence-corrected chi connectivity index (χ1v) is 5.07. The van der Waals surface area contributed by atoms with Crippen molar-refractivity contribution in [1.82, 2.24) is 20.1 Å². The molecule has 84 valence electrons. The Bertz CT molecular complexity index is 484. The summed E-state index contributed by atoms with van der Waals surface area (Å²) < 4.78 is 1.59. The zero-order valence-corrected chi connectivity index (χ0v) is 9.32. The van der Waals surface area contributed by atoms with Gasteiger partial charge in [0.2, 0.25) is 0 Å². The van der Waals surface area contributed by atoms with Crippen molar-refractivity contribution in [1.29, 1.82) is 0 Å². The molecule has 0 radical (unpaired) electrons. The van der Waals surface area contributed by atoms with Crippen molar-refractivity contribution >= 4 is 5.91 Å². The van der Waals surface area contributed by atoms with Crippen LogP contribution in [0.3, 0.4) is 0 Å². The average molecular weight is 218 g/mol. The summed E-state index contributed by atoms with van der Waals surface area (Å²) in [6.45, 7) is 2.38. The number of amides is 1. The standard InChI is InChI=1S/C11H14N4O/c1-8-5-10(15(2)14-8)11(16)13-7-9-3-4-12-6-9/h3-6,12H,7H2,1-2H3,(H,13,16). The fourth-order valence-corrected chi connectivity index (χ4v) is 1.56. The van der Waals surface area contributed by atoms with Crippen molar-refractivity contribution in [3.8, 4) is 0 Å². The molecule has 0 atom stereocenters. The molecule has 0 aliphatic rings. The van der Waals surface area contributed by atoms with Crippen LogP contribution < -0.4 is 5.32 Å². The van der Waals surface area contributed by atoms with Crippen LogP contribution in [-0.4, -0.2) is 20.7 Å². The number of carbonyl (C=O) groups excluding carboxylic acids is 1. The molecule has 5 heteroatoms. The number of aromatic nitrogens is 3. The Morgan fingerprint density at radius 3 is 3.00 bits per heavy atom. The van der Waals surface area contributed by atoms with E-state index < -0.39 is 0 Å². The first-order chi connectivity index (χ1) is 7.66. The van der Waals surface area contributed by atoms with E-state index in [1.807, 2.05) is 25.4 Å². The summed E-state index contributed by atoms with van der Waals surface area (Å²) >= 11 is 0. The molecule has 0 saturated carbocycles. The van der Waals surface area contributed by atoms with E-state index >= 15 is 0 Å². The van der Waals surface area contributed by atoms with Gasteiger partial charge in [0.15, 0.2) is 0 Å². The van der Waals surface area contributed by atoms with Crippen molar-refractivity contribution in [2.24, 2.45) is 7.05 Å². The van der Waals surface area contributed by atoms with E-state index in [4.69, 9.17) is 0 Å². The van der Waals surface area contributed by atoms with Gasteiger partial charge in [-0.05, 0) is 24.6 Å². The number of H-pyrrole nitrogens is 1. The lowest BCUT2D eigenvalue weighted by molar-refractivity contribution is 0.0941. The lowest BCUT2D eigenvalue weighted by Gasteiger charge is -2.03. The maximum absolute atomic E-state index is 11.8. The molecule has 0 bridgehead atoms. The third-order valence-electron chi connectivity index (χ3n) is 2.35. The first-order valence-electron chi connectivity index (χ1n) is 5.07. The van der Waals surface area contributed by atoms with Gasteiger partial charge in [-0.25, -0.2) is 0 Å². The molecule has 0 spiro atoms. The molecule has 2 heterocycles. The number of hydrogen-bond donors (Lipinski definition) is 2. The van der Waals surface area contributed by atoms with Gasteiger partial charge in [-0.3, -0.25) is 9.48 Å². The average Bonchev–Trinajstić information content (AvgIpc) is 2.84. The number of carbonyl (C=O) groups is 1. The second-order valence-electron chi connectivity index (χ2n) is 3.70. The van der Waals surface area contributed by atoms with Crippen molar-refractivity contribution in [3.05, 3.63) is 41.5 Å². The maximum Gasteiger partial charge on any atom is 0.269 e. The lowest BCUT2D eigenvalue weighted by Crippen LogP contribution is -2.24. The number of aromatic amines is 1. The number of aryl methyl sites for hydroxylation is 2. The summed E-state index contributed by atoms with van der Waals surface area (Å²) in [5.74, 6) is -0.107. The van der Waals surface area contributed by atoms with Gasteiger partial charge in [-0.15, -0.1) is 0 Å². The van der Waals surface area contributed by atoms with Crippen molar-refractivity contribution in [2.45, 2.75) is 13.5 Å². The minimum absolute atomic E-state index is 0.107. The number of nitrogens with zero attached hydrogens (tertiary/aromatic N) is 2. The monoisotopic (exact) mass is 218 g/mol. The highest BCUT2D eigenvalue weighted by Gasteiger charge is 2.10. The second kappa shape index (κ2) is 4.22. The van der Waals surface area contributed by atoms with Crippen molar-refractivity contribution in [3.63, 3.8) is 0 Å². The first kappa shape index (κ1) is 10.5. The molecule has 1 amide bonds. The van der Waals surface area contributed by atoms with Gasteiger partial charge in [0.25, 0.3) is 5.91 Å². The highest BCUT2D eigenvalue weighted by Crippen LogP contribution is 2.02. The Balaban J connectivity index is 2.01. The van der Waals surface area contributed by atoms with Gasteiger partial charge in [0.05, 0.1) is 5.69 Å². The Labute approximate surface area is 93.5 Å². The van der Waals surface area contributed by atoms with Gasteiger partial charge < -0.3 is 10.3 Å². The van der Waals surface area contributed by atoms with Crippen LogP contribution in [0, 0.1) is 6.92 Å². The Morgan fingerprint density at radius 2 is 2.44 bits per heavy atom. The zero-order valence-electron chi connectivity index (χ0n) is 9.32.